The fraction of sp³-hybridized carbons (Fsp3) is 0.368. The van der Waals surface area contributed by atoms with Gasteiger partial charge in [0.15, 0.2) is 5.17 Å². The molecule has 28 heavy (non-hydrogen) atoms. The molecule has 0 saturated heterocycles. The number of amides is 1. The molecule has 0 radical (unpaired) electrons. The van der Waals surface area contributed by atoms with E-state index in [1.165, 1.54) is 18.0 Å². The third-order valence-corrected chi connectivity index (χ3v) is 5.37. The minimum atomic E-state index is -0.586. The quantitative estimate of drug-likeness (QED) is 0.764. The number of carbonyl (C=O) groups excluding carboxylic acids is 1. The van der Waals surface area contributed by atoms with E-state index in [0.29, 0.717) is 28.9 Å². The van der Waals surface area contributed by atoms with Crippen molar-refractivity contribution in [2.24, 2.45) is 10.7 Å². The first-order valence-electron chi connectivity index (χ1n) is 8.72. The number of amidine groups is 1. The van der Waals surface area contributed by atoms with E-state index in [-0.39, 0.29) is 11.2 Å². The molecule has 0 bridgehead atoms. The predicted octanol–water partition coefficient (Wildman–Crippen LogP) is 2.42. The number of anilines is 1. The van der Waals surface area contributed by atoms with Gasteiger partial charge in [0.05, 0.1) is 25.6 Å². The molecule has 0 saturated carbocycles. The molecule has 1 aliphatic rings. The second kappa shape index (κ2) is 8.57. The summed E-state index contributed by atoms with van der Waals surface area (Å²) in [5.74, 6) is 0.274. The summed E-state index contributed by atoms with van der Waals surface area (Å²) < 4.78 is 10.3. The average molecular weight is 401 g/mol. The molecule has 2 aromatic heterocycles. The molecule has 8 nitrogen and oxygen atoms in total. The van der Waals surface area contributed by atoms with Crippen molar-refractivity contribution in [3.05, 3.63) is 48.0 Å². The molecule has 9 heteroatoms. The highest BCUT2D eigenvalue weighted by Crippen LogP contribution is 2.38. The van der Waals surface area contributed by atoms with Crippen molar-refractivity contribution in [2.75, 3.05) is 26.1 Å². The summed E-state index contributed by atoms with van der Waals surface area (Å²) in [6.45, 7) is 2.57. The van der Waals surface area contributed by atoms with E-state index in [1.807, 2.05) is 13.0 Å². The zero-order valence-electron chi connectivity index (χ0n) is 16.0. The number of nitrogens with one attached hydrogen (secondary N) is 1. The van der Waals surface area contributed by atoms with Crippen LogP contribution in [0.25, 0.3) is 0 Å². The lowest BCUT2D eigenvalue weighted by Gasteiger charge is -2.33. The molecule has 3 N–H and O–H groups in total. The number of rotatable bonds is 6. The van der Waals surface area contributed by atoms with Gasteiger partial charge in [-0.3, -0.25) is 9.78 Å². The van der Waals surface area contributed by atoms with Crippen LogP contribution in [-0.2, 0) is 10.3 Å². The first-order chi connectivity index (χ1) is 13.4. The Morgan fingerprint density at radius 3 is 2.86 bits per heavy atom. The van der Waals surface area contributed by atoms with E-state index in [9.17, 15) is 4.79 Å². The van der Waals surface area contributed by atoms with Crippen LogP contribution in [0.4, 0.5) is 5.69 Å². The summed E-state index contributed by atoms with van der Waals surface area (Å²) in [6.07, 6.45) is 3.88. The number of methoxy groups -OCH3 is 2. The molecule has 0 spiro atoms. The van der Waals surface area contributed by atoms with Gasteiger partial charge in [0.1, 0.15) is 17.0 Å². The molecular formula is C19H23N5O3S. The van der Waals surface area contributed by atoms with Crippen molar-refractivity contribution in [2.45, 2.75) is 24.1 Å². The number of nitrogens with two attached hydrogens (primary N) is 1. The van der Waals surface area contributed by atoms with Crippen LogP contribution in [0.2, 0.25) is 0 Å². The Balaban J connectivity index is 1.79. The number of nitrogens with zero attached hydrogens (tertiary/aromatic N) is 3. The second-order valence-corrected chi connectivity index (χ2v) is 7.91. The predicted molar refractivity (Wildman–Crippen MR) is 110 cm³/mol. The van der Waals surface area contributed by atoms with E-state index in [1.54, 1.807) is 38.6 Å². The van der Waals surface area contributed by atoms with Gasteiger partial charge in [-0.25, -0.2) is 9.98 Å². The van der Waals surface area contributed by atoms with Gasteiger partial charge < -0.3 is 20.5 Å². The van der Waals surface area contributed by atoms with E-state index < -0.39 is 5.54 Å². The van der Waals surface area contributed by atoms with Crippen molar-refractivity contribution < 1.29 is 14.3 Å². The van der Waals surface area contributed by atoms with Crippen LogP contribution < -0.4 is 15.8 Å². The Labute approximate surface area is 168 Å². The third kappa shape index (κ3) is 4.60. The van der Waals surface area contributed by atoms with Gasteiger partial charge >= 0.3 is 0 Å². The van der Waals surface area contributed by atoms with Crippen LogP contribution >= 0.6 is 11.8 Å². The van der Waals surface area contributed by atoms with Crippen molar-refractivity contribution in [1.82, 2.24) is 9.97 Å². The number of aliphatic imine (C=N–C) groups is 1. The first kappa shape index (κ1) is 20.1. The average Bonchev–Trinajstić information content (AvgIpc) is 2.68. The molecule has 2 atom stereocenters. The SMILES string of the molecule is COC[C@@H]1C[C@@](C)(c2cc(NC(=O)c3ccc(OC)cn3)ccn2)N=C(N)S1. The van der Waals surface area contributed by atoms with Gasteiger partial charge in [0, 0.05) is 24.2 Å². The molecule has 0 fully saturated rings. The maximum Gasteiger partial charge on any atom is 0.274 e. The molecule has 1 amide bonds. The first-order valence-corrected chi connectivity index (χ1v) is 9.60. The second-order valence-electron chi connectivity index (χ2n) is 6.59. The number of carbonyl (C=O) groups is 1. The largest absolute Gasteiger partial charge is 0.495 e. The molecule has 0 aliphatic carbocycles. The third-order valence-electron chi connectivity index (χ3n) is 4.40. The van der Waals surface area contributed by atoms with Gasteiger partial charge in [0.2, 0.25) is 0 Å². The zero-order chi connectivity index (χ0) is 20.1. The van der Waals surface area contributed by atoms with Crippen molar-refractivity contribution in [3.63, 3.8) is 0 Å². The van der Waals surface area contributed by atoms with E-state index >= 15 is 0 Å². The maximum atomic E-state index is 12.5. The number of thioether (sulfide) groups is 1. The zero-order valence-corrected chi connectivity index (χ0v) is 16.8. The molecule has 0 aromatic carbocycles. The standard InChI is InChI=1S/C19H23N5O3S/c1-19(9-14(11-26-2)28-18(20)24-19)16-8-12(6-7-21-16)23-17(25)15-5-4-13(27-3)10-22-15/h4-8,10,14H,9,11H2,1-3H3,(H2,20,24)(H,21,23,25)/t14-,19-/m0/s1. The minimum Gasteiger partial charge on any atom is -0.495 e. The van der Waals surface area contributed by atoms with E-state index in [2.05, 4.69) is 20.3 Å². The maximum absolute atomic E-state index is 12.5. The lowest BCUT2D eigenvalue weighted by Crippen LogP contribution is -2.35. The number of hydrogen-bond acceptors (Lipinski definition) is 8. The lowest BCUT2D eigenvalue weighted by molar-refractivity contribution is 0.102. The Hall–Kier alpha value is -2.65. The smallest absolute Gasteiger partial charge is 0.274 e. The number of hydrogen-bond donors (Lipinski definition) is 2. The summed E-state index contributed by atoms with van der Waals surface area (Å²) in [5, 5.41) is 3.55. The lowest BCUT2D eigenvalue weighted by atomic mass is 9.91. The topological polar surface area (TPSA) is 112 Å². The van der Waals surface area contributed by atoms with Gasteiger partial charge in [-0.2, -0.15) is 0 Å². The summed E-state index contributed by atoms with van der Waals surface area (Å²) in [4.78, 5) is 25.7. The highest BCUT2D eigenvalue weighted by atomic mass is 32.2. The fourth-order valence-corrected chi connectivity index (χ4v) is 4.25. The van der Waals surface area contributed by atoms with Crippen molar-refractivity contribution in [1.29, 1.82) is 0 Å². The molecular weight excluding hydrogens is 378 g/mol. The molecule has 3 rings (SSSR count). The molecule has 148 valence electrons. The molecule has 2 aromatic rings. The van der Waals surface area contributed by atoms with Gasteiger partial charge in [-0.05, 0) is 37.6 Å². The van der Waals surface area contributed by atoms with Crippen LogP contribution in [0.1, 0.15) is 29.5 Å². The van der Waals surface area contributed by atoms with Crippen LogP contribution in [0.5, 0.6) is 5.75 Å². The summed E-state index contributed by atoms with van der Waals surface area (Å²) in [6, 6.07) is 6.84. The normalized spacial score (nSPS) is 21.7. The Morgan fingerprint density at radius 1 is 1.36 bits per heavy atom. The Morgan fingerprint density at radius 2 is 2.18 bits per heavy atom. The van der Waals surface area contributed by atoms with Crippen LogP contribution in [-0.4, -0.2) is 47.1 Å². The van der Waals surface area contributed by atoms with Crippen LogP contribution in [0, 0.1) is 0 Å². The Kier molecular flexibility index (Phi) is 6.15. The number of aromatic nitrogens is 2. The number of ether oxygens (including phenoxy) is 2. The highest BCUT2D eigenvalue weighted by molar-refractivity contribution is 8.14. The van der Waals surface area contributed by atoms with E-state index in [0.717, 1.165) is 12.1 Å². The minimum absolute atomic E-state index is 0.191. The molecule has 1 aliphatic heterocycles. The van der Waals surface area contributed by atoms with Gasteiger partial charge in [0.25, 0.3) is 5.91 Å². The van der Waals surface area contributed by atoms with Crippen molar-refractivity contribution >= 4 is 28.5 Å². The highest BCUT2D eigenvalue weighted by Gasteiger charge is 2.36. The van der Waals surface area contributed by atoms with Crippen molar-refractivity contribution in [3.8, 4) is 5.75 Å². The molecule has 3 heterocycles. The van der Waals surface area contributed by atoms with Gasteiger partial charge in [-0.1, -0.05) is 11.8 Å². The number of pyridine rings is 2. The Bertz CT molecular complexity index is 874. The summed E-state index contributed by atoms with van der Waals surface area (Å²) in [7, 11) is 3.22. The van der Waals surface area contributed by atoms with Gasteiger partial charge in [-0.15, -0.1) is 0 Å². The van der Waals surface area contributed by atoms with Crippen LogP contribution in [0.15, 0.2) is 41.7 Å². The summed E-state index contributed by atoms with van der Waals surface area (Å²) >= 11 is 1.51. The van der Waals surface area contributed by atoms with Crippen LogP contribution in [0.3, 0.4) is 0 Å². The molecule has 0 unspecified atom stereocenters. The van der Waals surface area contributed by atoms with E-state index in [4.69, 9.17) is 15.2 Å². The summed E-state index contributed by atoms with van der Waals surface area (Å²) in [5.41, 5.74) is 7.08. The fourth-order valence-electron chi connectivity index (χ4n) is 3.04. The monoisotopic (exact) mass is 401 g/mol.